The van der Waals surface area contributed by atoms with Gasteiger partial charge in [-0.25, -0.2) is 0 Å². The Bertz CT molecular complexity index is 183. The van der Waals surface area contributed by atoms with Gasteiger partial charge in [-0.2, -0.15) is 0 Å². The summed E-state index contributed by atoms with van der Waals surface area (Å²) in [5, 5.41) is 9.99. The largest absolute Gasteiger partial charge is 0.387 e. The Kier molecular flexibility index (Phi) is 3.13. The van der Waals surface area contributed by atoms with Gasteiger partial charge in [0.2, 0.25) is 0 Å². The Morgan fingerprint density at radius 1 is 1.75 bits per heavy atom. The van der Waals surface area contributed by atoms with Crippen molar-refractivity contribution >= 4 is 0 Å². The van der Waals surface area contributed by atoms with Crippen molar-refractivity contribution < 1.29 is 9.84 Å². The van der Waals surface area contributed by atoms with E-state index in [9.17, 15) is 5.11 Å². The Hall–Kier alpha value is -0.520. The third-order valence-corrected chi connectivity index (χ3v) is 2.59. The first-order valence-corrected chi connectivity index (χ1v) is 4.46. The molecule has 1 aliphatic rings. The summed E-state index contributed by atoms with van der Waals surface area (Å²) in [5.74, 6) is 2.57. The molecule has 1 heterocycles. The zero-order valence-corrected chi connectivity index (χ0v) is 7.55. The predicted molar refractivity (Wildman–Crippen MR) is 47.7 cm³/mol. The lowest BCUT2D eigenvalue weighted by atomic mass is 9.90. The molecule has 0 aliphatic carbocycles. The van der Waals surface area contributed by atoms with E-state index in [-0.39, 0.29) is 6.10 Å². The molecule has 2 unspecified atom stereocenters. The molecule has 0 amide bonds. The Balaban J connectivity index is 2.33. The van der Waals surface area contributed by atoms with Crippen LogP contribution in [0.5, 0.6) is 0 Å². The van der Waals surface area contributed by atoms with Gasteiger partial charge in [-0.3, -0.25) is 0 Å². The minimum atomic E-state index is -0.614. The zero-order valence-electron chi connectivity index (χ0n) is 7.55. The minimum Gasteiger partial charge on any atom is -0.387 e. The third kappa shape index (κ3) is 2.00. The van der Waals surface area contributed by atoms with E-state index in [4.69, 9.17) is 11.2 Å². The summed E-state index contributed by atoms with van der Waals surface area (Å²) in [6, 6.07) is 0. The van der Waals surface area contributed by atoms with Crippen LogP contribution < -0.4 is 0 Å². The molecule has 2 nitrogen and oxygen atoms in total. The lowest BCUT2D eigenvalue weighted by Gasteiger charge is -2.25. The summed E-state index contributed by atoms with van der Waals surface area (Å²) < 4.78 is 5.30. The summed E-state index contributed by atoms with van der Waals surface area (Å²) in [5.41, 5.74) is -0.614. The highest BCUT2D eigenvalue weighted by molar-refractivity contribution is 4.91. The molecule has 0 radical (unpaired) electrons. The Morgan fingerprint density at radius 2 is 2.50 bits per heavy atom. The van der Waals surface area contributed by atoms with Gasteiger partial charge in [0.1, 0.15) is 0 Å². The van der Waals surface area contributed by atoms with Crippen molar-refractivity contribution in [2.24, 2.45) is 0 Å². The van der Waals surface area contributed by atoms with Crippen molar-refractivity contribution in [3.8, 4) is 12.3 Å². The number of terminal acetylenes is 1. The molecule has 2 heteroatoms. The van der Waals surface area contributed by atoms with Crippen LogP contribution in [0.2, 0.25) is 0 Å². The Labute approximate surface area is 73.9 Å². The van der Waals surface area contributed by atoms with Crippen molar-refractivity contribution in [1.29, 1.82) is 0 Å². The van der Waals surface area contributed by atoms with Gasteiger partial charge in [0, 0.05) is 19.4 Å². The number of hydrogen-bond donors (Lipinski definition) is 1. The first-order chi connectivity index (χ1) is 5.69. The fourth-order valence-corrected chi connectivity index (χ4v) is 1.60. The second-order valence-electron chi connectivity index (χ2n) is 3.42. The Morgan fingerprint density at radius 3 is 3.00 bits per heavy atom. The van der Waals surface area contributed by atoms with Crippen LogP contribution in [-0.2, 0) is 4.74 Å². The van der Waals surface area contributed by atoms with Gasteiger partial charge in [-0.1, -0.05) is 0 Å². The highest BCUT2D eigenvalue weighted by Gasteiger charge is 2.38. The normalized spacial score (nSPS) is 34.9. The summed E-state index contributed by atoms with van der Waals surface area (Å²) >= 11 is 0. The van der Waals surface area contributed by atoms with E-state index >= 15 is 0 Å². The van der Waals surface area contributed by atoms with Crippen LogP contribution in [-0.4, -0.2) is 23.4 Å². The molecule has 1 rings (SSSR count). The standard InChI is InChI=1S/C10H16O2/c1-3-4-5-6-10(11)7-8-12-9(10)2/h1,9,11H,4-8H2,2H3. The number of hydrogen-bond acceptors (Lipinski definition) is 2. The lowest BCUT2D eigenvalue weighted by Crippen LogP contribution is -2.35. The summed E-state index contributed by atoms with van der Waals surface area (Å²) in [7, 11) is 0. The molecule has 0 aromatic carbocycles. The minimum absolute atomic E-state index is 0.0322. The summed E-state index contributed by atoms with van der Waals surface area (Å²) in [6.45, 7) is 2.59. The van der Waals surface area contributed by atoms with Crippen LogP contribution in [0.15, 0.2) is 0 Å². The van der Waals surface area contributed by atoms with Crippen molar-refractivity contribution in [3.63, 3.8) is 0 Å². The molecule has 0 bridgehead atoms. The predicted octanol–water partition coefficient (Wildman–Crippen LogP) is 1.33. The van der Waals surface area contributed by atoms with Crippen molar-refractivity contribution in [1.82, 2.24) is 0 Å². The first-order valence-electron chi connectivity index (χ1n) is 4.46. The summed E-state index contributed by atoms with van der Waals surface area (Å²) in [6.07, 6.45) is 8.24. The highest BCUT2D eigenvalue weighted by Crippen LogP contribution is 2.30. The van der Waals surface area contributed by atoms with Gasteiger partial charge in [-0.05, 0) is 19.8 Å². The van der Waals surface area contributed by atoms with Crippen LogP contribution >= 0.6 is 0 Å². The maximum atomic E-state index is 9.99. The molecule has 1 fully saturated rings. The molecule has 1 aliphatic heterocycles. The van der Waals surface area contributed by atoms with E-state index in [2.05, 4.69) is 5.92 Å². The topological polar surface area (TPSA) is 29.5 Å². The van der Waals surface area contributed by atoms with Gasteiger partial charge >= 0.3 is 0 Å². The molecule has 68 valence electrons. The van der Waals surface area contributed by atoms with Gasteiger partial charge in [-0.15, -0.1) is 12.3 Å². The second-order valence-corrected chi connectivity index (χ2v) is 3.42. The highest BCUT2D eigenvalue weighted by atomic mass is 16.5. The van der Waals surface area contributed by atoms with E-state index < -0.39 is 5.60 Å². The quantitative estimate of drug-likeness (QED) is 0.509. The van der Waals surface area contributed by atoms with E-state index in [0.29, 0.717) is 6.61 Å². The average Bonchev–Trinajstić information content (AvgIpc) is 2.34. The molecule has 12 heavy (non-hydrogen) atoms. The molecular formula is C10H16O2. The molecule has 0 aromatic rings. The SMILES string of the molecule is C#CCCCC1(O)CCOC1C. The number of unbranched alkanes of at least 4 members (excludes halogenated alkanes) is 1. The van der Waals surface area contributed by atoms with Crippen LogP contribution in [0, 0.1) is 12.3 Å². The van der Waals surface area contributed by atoms with E-state index in [1.807, 2.05) is 6.92 Å². The van der Waals surface area contributed by atoms with Gasteiger partial charge in [0.25, 0.3) is 0 Å². The number of ether oxygens (including phenoxy) is 1. The number of rotatable bonds is 3. The van der Waals surface area contributed by atoms with Crippen molar-refractivity contribution in [3.05, 3.63) is 0 Å². The molecule has 0 spiro atoms. The zero-order chi connectivity index (χ0) is 9.03. The molecule has 1 N–H and O–H groups in total. The average molecular weight is 168 g/mol. The maximum Gasteiger partial charge on any atom is 0.0927 e. The van der Waals surface area contributed by atoms with Crippen LogP contribution in [0.4, 0.5) is 0 Å². The van der Waals surface area contributed by atoms with Gasteiger partial charge in [0.05, 0.1) is 11.7 Å². The van der Waals surface area contributed by atoms with Crippen LogP contribution in [0.3, 0.4) is 0 Å². The summed E-state index contributed by atoms with van der Waals surface area (Å²) in [4.78, 5) is 0. The van der Waals surface area contributed by atoms with E-state index in [0.717, 1.165) is 25.7 Å². The monoisotopic (exact) mass is 168 g/mol. The van der Waals surface area contributed by atoms with E-state index in [1.54, 1.807) is 0 Å². The third-order valence-electron chi connectivity index (χ3n) is 2.59. The fraction of sp³-hybridized carbons (Fsp3) is 0.800. The number of aliphatic hydroxyl groups is 1. The molecule has 2 atom stereocenters. The molecule has 1 saturated heterocycles. The molecule has 0 saturated carbocycles. The smallest absolute Gasteiger partial charge is 0.0927 e. The van der Waals surface area contributed by atoms with Gasteiger partial charge < -0.3 is 9.84 Å². The van der Waals surface area contributed by atoms with Gasteiger partial charge in [0.15, 0.2) is 0 Å². The maximum absolute atomic E-state index is 9.99. The first kappa shape index (κ1) is 9.57. The fourth-order valence-electron chi connectivity index (χ4n) is 1.60. The van der Waals surface area contributed by atoms with Crippen molar-refractivity contribution in [2.75, 3.05) is 6.61 Å². The van der Waals surface area contributed by atoms with E-state index in [1.165, 1.54) is 0 Å². The second kappa shape index (κ2) is 3.93. The van der Waals surface area contributed by atoms with Crippen LogP contribution in [0.25, 0.3) is 0 Å². The lowest BCUT2D eigenvalue weighted by molar-refractivity contribution is -0.0339. The van der Waals surface area contributed by atoms with Crippen LogP contribution in [0.1, 0.15) is 32.6 Å². The molecule has 0 aromatic heterocycles. The molecular weight excluding hydrogens is 152 g/mol. The van der Waals surface area contributed by atoms with Crippen molar-refractivity contribution in [2.45, 2.75) is 44.3 Å².